The van der Waals surface area contributed by atoms with Gasteiger partial charge in [-0.25, -0.2) is 19.2 Å². The number of rotatable bonds is 4. The molecule has 0 spiro atoms. The lowest BCUT2D eigenvalue weighted by atomic mass is 10.3. The monoisotopic (exact) mass is 295 g/mol. The van der Waals surface area contributed by atoms with Crippen LogP contribution in [-0.2, 0) is 0 Å². The number of carbonyl (C=O) groups excluding carboxylic acids is 1. The first-order valence-electron chi connectivity index (χ1n) is 5.58. The number of nitrogens with zero attached hydrogens (tertiary/aromatic N) is 2. The smallest absolute Gasteiger partial charge is 0.355 e. The molecule has 0 saturated carbocycles. The van der Waals surface area contributed by atoms with Crippen molar-refractivity contribution in [3.05, 3.63) is 45.9 Å². The number of thiazole rings is 1. The summed E-state index contributed by atoms with van der Waals surface area (Å²) in [7, 11) is 0. The van der Waals surface area contributed by atoms with E-state index in [-0.39, 0.29) is 11.4 Å². The highest BCUT2D eigenvalue weighted by atomic mass is 32.1. The first kappa shape index (κ1) is 14.1. The summed E-state index contributed by atoms with van der Waals surface area (Å²) in [6, 6.07) is 1.94. The van der Waals surface area contributed by atoms with E-state index in [4.69, 9.17) is 5.11 Å². The van der Waals surface area contributed by atoms with Gasteiger partial charge in [-0.1, -0.05) is 0 Å². The van der Waals surface area contributed by atoms with Gasteiger partial charge in [0.2, 0.25) is 0 Å². The molecule has 0 bridgehead atoms. The quantitative estimate of drug-likeness (QED) is 0.898. The Bertz CT molecular complexity index is 642. The molecule has 0 radical (unpaired) electrons. The maximum Gasteiger partial charge on any atom is 0.355 e. The lowest BCUT2D eigenvalue weighted by Gasteiger charge is -2.10. The van der Waals surface area contributed by atoms with Crippen LogP contribution in [-0.4, -0.2) is 27.0 Å². The van der Waals surface area contributed by atoms with E-state index >= 15 is 0 Å². The maximum absolute atomic E-state index is 12.7. The van der Waals surface area contributed by atoms with Gasteiger partial charge in [0, 0.05) is 5.38 Å². The molecule has 104 valence electrons. The molecule has 1 amide bonds. The molecule has 0 aliphatic heterocycles. The van der Waals surface area contributed by atoms with Crippen LogP contribution in [0.15, 0.2) is 23.7 Å². The van der Waals surface area contributed by atoms with E-state index in [9.17, 15) is 14.0 Å². The van der Waals surface area contributed by atoms with Crippen LogP contribution in [0.4, 0.5) is 4.39 Å². The molecular weight excluding hydrogens is 285 g/mol. The molecule has 0 aliphatic carbocycles. The van der Waals surface area contributed by atoms with Crippen molar-refractivity contribution < 1.29 is 19.1 Å². The second-order valence-corrected chi connectivity index (χ2v) is 4.82. The third kappa shape index (κ3) is 3.15. The standard InChI is InChI=1S/C12H10FN3O3S/c1-6(11-16-9(5-20-11)12(18)19)15-10(17)8-3-2-7(13)4-14-8/h2-6H,1H3,(H,15,17)(H,18,19). The molecule has 0 aliphatic rings. The fourth-order valence-corrected chi connectivity index (χ4v) is 2.23. The Morgan fingerprint density at radius 1 is 1.40 bits per heavy atom. The number of nitrogens with one attached hydrogen (secondary N) is 1. The average molecular weight is 295 g/mol. The summed E-state index contributed by atoms with van der Waals surface area (Å²) in [5.41, 5.74) is 0.0132. The zero-order valence-corrected chi connectivity index (χ0v) is 11.1. The van der Waals surface area contributed by atoms with Crippen LogP contribution in [0.3, 0.4) is 0 Å². The minimum Gasteiger partial charge on any atom is -0.476 e. The normalized spacial score (nSPS) is 11.9. The van der Waals surface area contributed by atoms with Crippen LogP contribution in [0.5, 0.6) is 0 Å². The molecule has 8 heteroatoms. The number of halogens is 1. The lowest BCUT2D eigenvalue weighted by molar-refractivity contribution is 0.0691. The molecule has 0 saturated heterocycles. The minimum absolute atomic E-state index is 0.0639. The van der Waals surface area contributed by atoms with Crippen molar-refractivity contribution in [2.45, 2.75) is 13.0 Å². The highest BCUT2D eigenvalue weighted by Gasteiger charge is 2.17. The highest BCUT2D eigenvalue weighted by Crippen LogP contribution is 2.18. The van der Waals surface area contributed by atoms with Crippen molar-refractivity contribution >= 4 is 23.2 Å². The predicted molar refractivity (Wildman–Crippen MR) is 69.1 cm³/mol. The SMILES string of the molecule is CC(NC(=O)c1ccc(F)cn1)c1nc(C(=O)O)cs1. The largest absolute Gasteiger partial charge is 0.476 e. The topological polar surface area (TPSA) is 92.2 Å². The molecule has 1 atom stereocenters. The molecule has 2 aromatic heterocycles. The average Bonchev–Trinajstić information content (AvgIpc) is 2.89. The van der Waals surface area contributed by atoms with Crippen molar-refractivity contribution in [2.24, 2.45) is 0 Å². The molecule has 2 N–H and O–H groups in total. The Morgan fingerprint density at radius 2 is 2.15 bits per heavy atom. The molecule has 2 heterocycles. The van der Waals surface area contributed by atoms with Crippen LogP contribution in [0.25, 0.3) is 0 Å². The Morgan fingerprint density at radius 3 is 2.70 bits per heavy atom. The molecule has 0 fully saturated rings. The van der Waals surface area contributed by atoms with Crippen LogP contribution in [0.1, 0.15) is 39.0 Å². The zero-order valence-electron chi connectivity index (χ0n) is 10.3. The van der Waals surface area contributed by atoms with E-state index < -0.39 is 23.7 Å². The highest BCUT2D eigenvalue weighted by molar-refractivity contribution is 7.09. The van der Waals surface area contributed by atoms with Gasteiger partial charge in [-0.05, 0) is 19.1 Å². The third-order valence-electron chi connectivity index (χ3n) is 2.42. The number of amides is 1. The van der Waals surface area contributed by atoms with Gasteiger partial charge in [0.15, 0.2) is 5.69 Å². The second kappa shape index (κ2) is 5.74. The van der Waals surface area contributed by atoms with Gasteiger partial charge in [-0.2, -0.15) is 0 Å². The summed E-state index contributed by atoms with van der Waals surface area (Å²) in [5, 5.41) is 13.3. The van der Waals surface area contributed by atoms with Crippen molar-refractivity contribution in [3.8, 4) is 0 Å². The van der Waals surface area contributed by atoms with E-state index in [1.807, 2.05) is 0 Å². The Labute approximate surface area is 117 Å². The van der Waals surface area contributed by atoms with Crippen molar-refractivity contribution in [1.29, 1.82) is 0 Å². The maximum atomic E-state index is 12.7. The van der Waals surface area contributed by atoms with Crippen LogP contribution in [0.2, 0.25) is 0 Å². The van der Waals surface area contributed by atoms with E-state index in [2.05, 4.69) is 15.3 Å². The lowest BCUT2D eigenvalue weighted by Crippen LogP contribution is -2.27. The number of hydrogen-bond acceptors (Lipinski definition) is 5. The summed E-state index contributed by atoms with van der Waals surface area (Å²) < 4.78 is 12.7. The van der Waals surface area contributed by atoms with Crippen LogP contribution in [0, 0.1) is 5.82 Å². The summed E-state index contributed by atoms with van der Waals surface area (Å²) in [6.45, 7) is 1.67. The van der Waals surface area contributed by atoms with E-state index in [1.54, 1.807) is 6.92 Å². The van der Waals surface area contributed by atoms with E-state index in [0.29, 0.717) is 5.01 Å². The zero-order chi connectivity index (χ0) is 14.7. The van der Waals surface area contributed by atoms with E-state index in [0.717, 1.165) is 23.6 Å². The number of carboxylic acid groups (broad SMARTS) is 1. The van der Waals surface area contributed by atoms with E-state index in [1.165, 1.54) is 11.4 Å². The third-order valence-corrected chi connectivity index (χ3v) is 3.45. The molecule has 0 aromatic carbocycles. The Kier molecular flexibility index (Phi) is 4.04. The predicted octanol–water partition coefficient (Wildman–Crippen LogP) is 1.87. The first-order chi connectivity index (χ1) is 9.47. The second-order valence-electron chi connectivity index (χ2n) is 3.93. The number of pyridine rings is 1. The summed E-state index contributed by atoms with van der Waals surface area (Å²) in [4.78, 5) is 30.1. The minimum atomic E-state index is -1.12. The van der Waals surface area contributed by atoms with Gasteiger partial charge in [0.25, 0.3) is 5.91 Å². The molecule has 6 nitrogen and oxygen atoms in total. The van der Waals surface area contributed by atoms with Crippen molar-refractivity contribution in [1.82, 2.24) is 15.3 Å². The Balaban J connectivity index is 2.06. The number of carbonyl (C=O) groups is 2. The van der Waals surface area contributed by atoms with Gasteiger partial charge in [0.1, 0.15) is 16.5 Å². The van der Waals surface area contributed by atoms with Gasteiger partial charge in [0.05, 0.1) is 12.2 Å². The van der Waals surface area contributed by atoms with Gasteiger partial charge >= 0.3 is 5.97 Å². The van der Waals surface area contributed by atoms with Crippen LogP contribution < -0.4 is 5.32 Å². The molecule has 2 rings (SSSR count). The van der Waals surface area contributed by atoms with Crippen LogP contribution >= 0.6 is 11.3 Å². The number of hydrogen-bond donors (Lipinski definition) is 2. The fraction of sp³-hybridized carbons (Fsp3) is 0.167. The van der Waals surface area contributed by atoms with Crippen molar-refractivity contribution in [3.63, 3.8) is 0 Å². The summed E-state index contributed by atoms with van der Waals surface area (Å²) in [6.07, 6.45) is 0.950. The van der Waals surface area contributed by atoms with Gasteiger partial charge in [-0.3, -0.25) is 4.79 Å². The molecular formula is C12H10FN3O3S. The number of carboxylic acids is 1. The summed E-state index contributed by atoms with van der Waals surface area (Å²) >= 11 is 1.14. The first-order valence-corrected chi connectivity index (χ1v) is 6.46. The van der Waals surface area contributed by atoms with Gasteiger partial charge in [-0.15, -0.1) is 11.3 Å². The summed E-state index contributed by atoms with van der Waals surface area (Å²) in [5.74, 6) is -2.13. The number of aromatic nitrogens is 2. The van der Waals surface area contributed by atoms with Crippen molar-refractivity contribution in [2.75, 3.05) is 0 Å². The molecule has 1 unspecified atom stereocenters. The van der Waals surface area contributed by atoms with Gasteiger partial charge < -0.3 is 10.4 Å². The fourth-order valence-electron chi connectivity index (χ4n) is 1.43. The molecule has 20 heavy (non-hydrogen) atoms. The molecule has 2 aromatic rings. The Hall–Kier alpha value is -2.35. The number of aromatic carboxylic acids is 1.